The van der Waals surface area contributed by atoms with E-state index in [1.807, 2.05) is 6.92 Å². The van der Waals surface area contributed by atoms with Gasteiger partial charge in [0.2, 0.25) is 0 Å². The topological polar surface area (TPSA) is 89.7 Å². The number of rotatable bonds is 6. The van der Waals surface area contributed by atoms with Gasteiger partial charge < -0.3 is 9.84 Å². The summed E-state index contributed by atoms with van der Waals surface area (Å²) in [5.74, 6) is -1.34. The molecule has 1 aromatic carbocycles. The minimum atomic E-state index is -1.31. The smallest absolute Gasteiger partial charge is 0.339 e. The lowest BCUT2D eigenvalue weighted by Crippen LogP contribution is -2.06. The van der Waals surface area contributed by atoms with Crippen molar-refractivity contribution in [2.75, 3.05) is 6.61 Å². The monoisotopic (exact) mass is 273 g/mol. The molecule has 98 valence electrons. The van der Waals surface area contributed by atoms with Crippen LogP contribution < -0.4 is 4.74 Å². The van der Waals surface area contributed by atoms with E-state index >= 15 is 0 Å². The van der Waals surface area contributed by atoms with Crippen molar-refractivity contribution in [3.05, 3.63) is 32.8 Å². The fraction of sp³-hybridized carbons (Fsp3) is 0.364. The molecule has 1 aromatic rings. The van der Waals surface area contributed by atoms with E-state index in [1.54, 1.807) is 0 Å². The fourth-order valence-corrected chi connectivity index (χ4v) is 1.58. The first-order valence-corrected chi connectivity index (χ1v) is 5.69. The van der Waals surface area contributed by atoms with Gasteiger partial charge >= 0.3 is 5.97 Å². The van der Waals surface area contributed by atoms with Gasteiger partial charge in [-0.25, -0.2) is 4.79 Å². The van der Waals surface area contributed by atoms with Crippen LogP contribution in [0.3, 0.4) is 0 Å². The third kappa shape index (κ3) is 3.33. The van der Waals surface area contributed by atoms with E-state index in [4.69, 9.17) is 21.4 Å². The van der Waals surface area contributed by atoms with Crippen LogP contribution in [0.1, 0.15) is 30.1 Å². The summed E-state index contributed by atoms with van der Waals surface area (Å²) < 4.78 is 5.27. The zero-order valence-electron chi connectivity index (χ0n) is 9.68. The molecule has 18 heavy (non-hydrogen) atoms. The number of hydrogen-bond acceptors (Lipinski definition) is 4. The van der Waals surface area contributed by atoms with Crippen LogP contribution in [0.15, 0.2) is 12.1 Å². The Morgan fingerprint density at radius 3 is 2.72 bits per heavy atom. The van der Waals surface area contributed by atoms with Crippen molar-refractivity contribution in [3.63, 3.8) is 0 Å². The first kappa shape index (κ1) is 14.2. The molecule has 0 aliphatic rings. The number of nitro groups is 1. The Kier molecular flexibility index (Phi) is 4.91. The number of halogens is 1. The average Bonchev–Trinajstić information content (AvgIpc) is 2.30. The van der Waals surface area contributed by atoms with Gasteiger partial charge in [-0.05, 0) is 6.42 Å². The van der Waals surface area contributed by atoms with Crippen LogP contribution in [0.25, 0.3) is 0 Å². The lowest BCUT2D eigenvalue weighted by atomic mass is 10.1. The zero-order chi connectivity index (χ0) is 13.7. The maximum atomic E-state index is 11.0. The van der Waals surface area contributed by atoms with Gasteiger partial charge in [0.25, 0.3) is 5.69 Å². The minimum Gasteiger partial charge on any atom is -0.491 e. The van der Waals surface area contributed by atoms with Crippen LogP contribution in [0.5, 0.6) is 5.75 Å². The highest BCUT2D eigenvalue weighted by molar-refractivity contribution is 6.32. The molecule has 0 amide bonds. The maximum absolute atomic E-state index is 11.0. The van der Waals surface area contributed by atoms with E-state index in [9.17, 15) is 14.9 Å². The van der Waals surface area contributed by atoms with Gasteiger partial charge in [0.15, 0.2) is 5.75 Å². The molecule has 7 heteroatoms. The van der Waals surface area contributed by atoms with Crippen molar-refractivity contribution < 1.29 is 19.6 Å². The Bertz CT molecular complexity index is 475. The number of nitrogens with zero attached hydrogens (tertiary/aromatic N) is 1. The first-order chi connectivity index (χ1) is 8.47. The third-order valence-corrected chi connectivity index (χ3v) is 2.49. The Labute approximate surface area is 108 Å². The molecular formula is C11H12ClNO5. The van der Waals surface area contributed by atoms with Crippen LogP contribution in [0.2, 0.25) is 5.02 Å². The molecule has 0 saturated heterocycles. The second kappa shape index (κ2) is 6.20. The van der Waals surface area contributed by atoms with E-state index in [1.165, 1.54) is 0 Å². The van der Waals surface area contributed by atoms with Crippen LogP contribution in [0, 0.1) is 10.1 Å². The van der Waals surface area contributed by atoms with Crippen LogP contribution in [0.4, 0.5) is 5.69 Å². The molecule has 0 unspecified atom stereocenters. The van der Waals surface area contributed by atoms with E-state index in [-0.39, 0.29) is 22.0 Å². The van der Waals surface area contributed by atoms with Crippen LogP contribution in [-0.2, 0) is 0 Å². The van der Waals surface area contributed by atoms with Crippen molar-refractivity contribution in [2.24, 2.45) is 0 Å². The Morgan fingerprint density at radius 1 is 1.56 bits per heavy atom. The molecule has 1 rings (SSSR count). The van der Waals surface area contributed by atoms with E-state index in [0.717, 1.165) is 25.0 Å². The highest BCUT2D eigenvalue weighted by Gasteiger charge is 2.21. The van der Waals surface area contributed by atoms with E-state index < -0.39 is 10.9 Å². The Morgan fingerprint density at radius 2 is 2.22 bits per heavy atom. The Balaban J connectivity index is 3.15. The molecule has 0 aliphatic heterocycles. The second-order valence-electron chi connectivity index (χ2n) is 3.57. The Hall–Kier alpha value is -1.82. The van der Waals surface area contributed by atoms with Gasteiger partial charge in [-0.1, -0.05) is 24.9 Å². The van der Waals surface area contributed by atoms with Crippen molar-refractivity contribution >= 4 is 23.3 Å². The van der Waals surface area contributed by atoms with Crippen molar-refractivity contribution in [2.45, 2.75) is 19.8 Å². The largest absolute Gasteiger partial charge is 0.491 e. The molecule has 0 spiro atoms. The summed E-state index contributed by atoms with van der Waals surface area (Å²) in [4.78, 5) is 20.9. The lowest BCUT2D eigenvalue weighted by molar-refractivity contribution is -0.384. The molecule has 1 N–H and O–H groups in total. The number of aromatic carboxylic acids is 1. The molecule has 0 heterocycles. The summed E-state index contributed by atoms with van der Waals surface area (Å²) >= 11 is 5.81. The van der Waals surface area contributed by atoms with Crippen molar-refractivity contribution in [3.8, 4) is 5.75 Å². The van der Waals surface area contributed by atoms with E-state index in [0.29, 0.717) is 6.61 Å². The summed E-state index contributed by atoms with van der Waals surface area (Å²) in [5.41, 5.74) is -0.675. The molecule has 0 fully saturated rings. The number of hydrogen-bond donors (Lipinski definition) is 1. The number of carboxylic acids is 1. The summed E-state index contributed by atoms with van der Waals surface area (Å²) in [6.07, 6.45) is 1.62. The summed E-state index contributed by atoms with van der Waals surface area (Å²) in [7, 11) is 0. The SMILES string of the molecule is CCCCOc1c(Cl)cc([N+](=O)[O-])cc1C(=O)O. The van der Waals surface area contributed by atoms with E-state index in [2.05, 4.69) is 0 Å². The molecular weight excluding hydrogens is 262 g/mol. The highest BCUT2D eigenvalue weighted by atomic mass is 35.5. The third-order valence-electron chi connectivity index (χ3n) is 2.21. The van der Waals surface area contributed by atoms with Crippen molar-refractivity contribution in [1.29, 1.82) is 0 Å². The first-order valence-electron chi connectivity index (χ1n) is 5.31. The van der Waals surface area contributed by atoms with Gasteiger partial charge in [-0.3, -0.25) is 10.1 Å². The summed E-state index contributed by atoms with van der Waals surface area (Å²) in [6, 6.07) is 2.02. The second-order valence-corrected chi connectivity index (χ2v) is 3.98. The normalized spacial score (nSPS) is 10.1. The van der Waals surface area contributed by atoms with Gasteiger partial charge in [-0.2, -0.15) is 0 Å². The van der Waals surface area contributed by atoms with Crippen LogP contribution >= 0.6 is 11.6 Å². The summed E-state index contributed by atoms with van der Waals surface area (Å²) in [5, 5.41) is 19.5. The fourth-order valence-electron chi connectivity index (χ4n) is 1.31. The quantitative estimate of drug-likeness (QED) is 0.488. The number of carbonyl (C=O) groups is 1. The van der Waals surface area contributed by atoms with Gasteiger partial charge in [-0.15, -0.1) is 0 Å². The average molecular weight is 274 g/mol. The maximum Gasteiger partial charge on any atom is 0.339 e. The lowest BCUT2D eigenvalue weighted by Gasteiger charge is -2.10. The van der Waals surface area contributed by atoms with Gasteiger partial charge in [0, 0.05) is 12.1 Å². The van der Waals surface area contributed by atoms with Crippen LogP contribution in [-0.4, -0.2) is 22.6 Å². The molecule has 0 radical (unpaired) electrons. The number of ether oxygens (including phenoxy) is 1. The molecule has 0 saturated carbocycles. The van der Waals surface area contributed by atoms with Gasteiger partial charge in [0.05, 0.1) is 16.6 Å². The number of carboxylic acid groups (broad SMARTS) is 1. The summed E-state index contributed by atoms with van der Waals surface area (Å²) in [6.45, 7) is 2.27. The predicted octanol–water partition coefficient (Wildman–Crippen LogP) is 3.13. The predicted molar refractivity (Wildman–Crippen MR) is 65.5 cm³/mol. The number of non-ortho nitro benzene ring substituents is 1. The zero-order valence-corrected chi connectivity index (χ0v) is 10.4. The van der Waals surface area contributed by atoms with Crippen molar-refractivity contribution in [1.82, 2.24) is 0 Å². The molecule has 0 aliphatic carbocycles. The van der Waals surface area contributed by atoms with Gasteiger partial charge in [0.1, 0.15) is 5.56 Å². The standard InChI is InChI=1S/C11H12ClNO5/c1-2-3-4-18-10-8(11(14)15)5-7(13(16)17)6-9(10)12/h5-6H,2-4H2,1H3,(H,14,15). The number of benzene rings is 1. The molecule has 0 aromatic heterocycles. The highest BCUT2D eigenvalue weighted by Crippen LogP contribution is 2.33. The molecule has 6 nitrogen and oxygen atoms in total. The molecule has 0 atom stereocenters. The minimum absolute atomic E-state index is 0.0248. The number of nitro benzene ring substituents is 1. The molecule has 0 bridgehead atoms. The number of unbranched alkanes of at least 4 members (excludes halogenated alkanes) is 1.